The Labute approximate surface area is 203 Å². The van der Waals surface area contributed by atoms with E-state index in [0.717, 1.165) is 50.3 Å². The lowest BCUT2D eigenvalue weighted by Gasteiger charge is -2.15. The fraction of sp³-hybridized carbons (Fsp3) is 0.231. The second-order valence-electron chi connectivity index (χ2n) is 7.60. The Kier molecular flexibility index (Phi) is 7.35. The lowest BCUT2D eigenvalue weighted by atomic mass is 10.0. The highest BCUT2D eigenvalue weighted by Crippen LogP contribution is 2.37. The van der Waals surface area contributed by atoms with Crippen molar-refractivity contribution < 1.29 is 18.9 Å². The Morgan fingerprint density at radius 1 is 0.853 bits per heavy atom. The topological polar surface area (TPSA) is 74.7 Å². The van der Waals surface area contributed by atoms with Crippen molar-refractivity contribution in [3.8, 4) is 28.4 Å². The molecular formula is C26H26ClN3O4. The lowest BCUT2D eigenvalue weighted by Crippen LogP contribution is -2.03. The SMILES string of the molecule is COCc1cc(OC)c(-c2ccc3c(NCc4ccc(OC)cc4OC)cnnc3c2)cc1Cl. The van der Waals surface area contributed by atoms with Crippen LogP contribution in [0, 0.1) is 0 Å². The van der Waals surface area contributed by atoms with Gasteiger partial charge in [0, 0.05) is 46.8 Å². The van der Waals surface area contributed by atoms with Gasteiger partial charge in [0.1, 0.15) is 17.2 Å². The Morgan fingerprint density at radius 3 is 2.41 bits per heavy atom. The molecule has 0 saturated heterocycles. The zero-order valence-electron chi connectivity index (χ0n) is 19.5. The third kappa shape index (κ3) is 4.85. The standard InChI is InChI=1S/C26H26ClN3O4/c1-31-15-18-10-26(34-4)21(12-22(18)27)16-6-8-20-23(9-16)30-29-14-24(20)28-13-17-5-7-19(32-2)11-25(17)33-3/h5-12,14H,13,15H2,1-4H3,(H,28,30). The molecule has 1 aromatic heterocycles. The molecule has 0 amide bonds. The molecule has 0 atom stereocenters. The van der Waals surface area contributed by atoms with E-state index in [1.165, 1.54) is 0 Å². The highest BCUT2D eigenvalue weighted by Gasteiger charge is 2.14. The van der Waals surface area contributed by atoms with E-state index in [9.17, 15) is 0 Å². The van der Waals surface area contributed by atoms with Gasteiger partial charge in [0.2, 0.25) is 0 Å². The van der Waals surface area contributed by atoms with Crippen LogP contribution in [0.15, 0.2) is 54.7 Å². The van der Waals surface area contributed by atoms with Crippen LogP contribution in [-0.2, 0) is 17.9 Å². The molecule has 0 bridgehead atoms. The molecule has 0 spiro atoms. The lowest BCUT2D eigenvalue weighted by molar-refractivity contribution is 0.184. The molecule has 0 radical (unpaired) electrons. The van der Waals surface area contributed by atoms with Crippen LogP contribution in [0.2, 0.25) is 5.02 Å². The number of hydrogen-bond donors (Lipinski definition) is 1. The van der Waals surface area contributed by atoms with Gasteiger partial charge in [-0.15, -0.1) is 0 Å². The Hall–Kier alpha value is -3.55. The number of nitrogens with zero attached hydrogens (tertiary/aromatic N) is 2. The predicted octanol–water partition coefficient (Wildman–Crippen LogP) is 5.73. The summed E-state index contributed by atoms with van der Waals surface area (Å²) in [5.41, 5.74) is 5.29. The van der Waals surface area contributed by atoms with Crippen LogP contribution in [0.3, 0.4) is 0 Å². The molecule has 8 heteroatoms. The van der Waals surface area contributed by atoms with Crippen LogP contribution in [0.4, 0.5) is 5.69 Å². The normalized spacial score (nSPS) is 10.9. The first-order valence-electron chi connectivity index (χ1n) is 10.6. The largest absolute Gasteiger partial charge is 0.497 e. The van der Waals surface area contributed by atoms with Crippen LogP contribution < -0.4 is 19.5 Å². The summed E-state index contributed by atoms with van der Waals surface area (Å²) in [4.78, 5) is 0. The summed E-state index contributed by atoms with van der Waals surface area (Å²) in [5.74, 6) is 2.21. The van der Waals surface area contributed by atoms with Crippen LogP contribution in [0.5, 0.6) is 17.2 Å². The Bertz CT molecular complexity index is 1310. The van der Waals surface area contributed by atoms with Gasteiger partial charge >= 0.3 is 0 Å². The Morgan fingerprint density at radius 2 is 1.68 bits per heavy atom. The number of aromatic nitrogens is 2. The molecular weight excluding hydrogens is 454 g/mol. The highest BCUT2D eigenvalue weighted by atomic mass is 35.5. The molecule has 4 rings (SSSR count). The maximum atomic E-state index is 6.48. The third-order valence-electron chi connectivity index (χ3n) is 5.58. The molecule has 0 aliphatic rings. The van der Waals surface area contributed by atoms with E-state index < -0.39 is 0 Å². The molecule has 0 saturated carbocycles. The molecule has 7 nitrogen and oxygen atoms in total. The van der Waals surface area contributed by atoms with Gasteiger partial charge in [0.05, 0.1) is 45.3 Å². The smallest absolute Gasteiger partial charge is 0.127 e. The van der Waals surface area contributed by atoms with Crippen molar-refractivity contribution in [3.63, 3.8) is 0 Å². The molecule has 0 aliphatic carbocycles. The average Bonchev–Trinajstić information content (AvgIpc) is 2.88. The molecule has 0 aliphatic heterocycles. The first kappa shape index (κ1) is 23.6. The van der Waals surface area contributed by atoms with Gasteiger partial charge in [-0.1, -0.05) is 17.7 Å². The highest BCUT2D eigenvalue weighted by molar-refractivity contribution is 6.31. The minimum Gasteiger partial charge on any atom is -0.497 e. The first-order chi connectivity index (χ1) is 16.6. The molecule has 0 unspecified atom stereocenters. The van der Waals surface area contributed by atoms with Crippen molar-refractivity contribution in [1.29, 1.82) is 0 Å². The van der Waals surface area contributed by atoms with Crippen molar-refractivity contribution in [3.05, 3.63) is 70.9 Å². The number of methoxy groups -OCH3 is 4. The fourth-order valence-electron chi connectivity index (χ4n) is 3.81. The van der Waals surface area contributed by atoms with Crippen LogP contribution in [0.25, 0.3) is 22.0 Å². The van der Waals surface area contributed by atoms with Crippen molar-refractivity contribution in [1.82, 2.24) is 10.2 Å². The fourth-order valence-corrected chi connectivity index (χ4v) is 4.03. The maximum Gasteiger partial charge on any atom is 0.127 e. The van der Waals surface area contributed by atoms with Gasteiger partial charge in [-0.05, 0) is 42.0 Å². The van der Waals surface area contributed by atoms with E-state index >= 15 is 0 Å². The second kappa shape index (κ2) is 10.6. The second-order valence-corrected chi connectivity index (χ2v) is 8.01. The number of anilines is 1. The predicted molar refractivity (Wildman–Crippen MR) is 134 cm³/mol. The average molecular weight is 480 g/mol. The van der Waals surface area contributed by atoms with Crippen molar-refractivity contribution in [2.75, 3.05) is 33.8 Å². The van der Waals surface area contributed by atoms with Gasteiger partial charge in [-0.25, -0.2) is 0 Å². The molecule has 1 N–H and O–H groups in total. The monoisotopic (exact) mass is 479 g/mol. The van der Waals surface area contributed by atoms with Gasteiger partial charge < -0.3 is 24.3 Å². The number of halogens is 1. The van der Waals surface area contributed by atoms with Crippen LogP contribution >= 0.6 is 11.6 Å². The molecule has 34 heavy (non-hydrogen) atoms. The third-order valence-corrected chi connectivity index (χ3v) is 5.93. The van der Waals surface area contributed by atoms with Gasteiger partial charge in [-0.2, -0.15) is 10.2 Å². The number of benzene rings is 3. The van der Waals surface area contributed by atoms with E-state index in [1.54, 1.807) is 34.6 Å². The van der Waals surface area contributed by atoms with Crippen molar-refractivity contribution in [2.45, 2.75) is 13.2 Å². The summed E-state index contributed by atoms with van der Waals surface area (Å²) in [5, 5.41) is 13.5. The summed E-state index contributed by atoms with van der Waals surface area (Å²) in [6.07, 6.45) is 1.72. The zero-order valence-corrected chi connectivity index (χ0v) is 20.3. The molecule has 176 valence electrons. The number of fused-ring (bicyclic) bond motifs is 1. The van der Waals surface area contributed by atoms with Crippen molar-refractivity contribution >= 4 is 28.2 Å². The molecule has 4 aromatic rings. The number of hydrogen-bond acceptors (Lipinski definition) is 7. The maximum absolute atomic E-state index is 6.48. The molecule has 3 aromatic carbocycles. The van der Waals surface area contributed by atoms with E-state index in [1.807, 2.05) is 48.5 Å². The van der Waals surface area contributed by atoms with Crippen LogP contribution in [0.1, 0.15) is 11.1 Å². The Balaban J connectivity index is 1.65. The molecule has 1 heterocycles. The van der Waals surface area contributed by atoms with E-state index in [-0.39, 0.29) is 0 Å². The van der Waals surface area contributed by atoms with Gasteiger partial charge in [0.15, 0.2) is 0 Å². The summed E-state index contributed by atoms with van der Waals surface area (Å²) in [6.45, 7) is 0.965. The number of ether oxygens (including phenoxy) is 4. The first-order valence-corrected chi connectivity index (χ1v) is 11.0. The zero-order chi connectivity index (χ0) is 24.1. The number of nitrogens with one attached hydrogen (secondary N) is 1. The number of rotatable bonds is 9. The summed E-state index contributed by atoms with van der Waals surface area (Å²) in [7, 11) is 6.55. The van der Waals surface area contributed by atoms with Gasteiger partial charge in [0.25, 0.3) is 0 Å². The molecule has 0 fully saturated rings. The summed E-state index contributed by atoms with van der Waals surface area (Å²) >= 11 is 6.48. The van der Waals surface area contributed by atoms with Gasteiger partial charge in [-0.3, -0.25) is 0 Å². The van der Waals surface area contributed by atoms with E-state index in [4.69, 9.17) is 30.5 Å². The van der Waals surface area contributed by atoms with E-state index in [0.29, 0.717) is 23.9 Å². The quantitative estimate of drug-likeness (QED) is 0.328. The van der Waals surface area contributed by atoms with Crippen LogP contribution in [-0.4, -0.2) is 38.6 Å². The minimum atomic E-state index is 0.409. The summed E-state index contributed by atoms with van der Waals surface area (Å²) < 4.78 is 21.6. The van der Waals surface area contributed by atoms with E-state index in [2.05, 4.69) is 15.5 Å². The minimum absolute atomic E-state index is 0.409. The summed E-state index contributed by atoms with van der Waals surface area (Å²) in [6, 6.07) is 15.6. The van der Waals surface area contributed by atoms with Crippen molar-refractivity contribution in [2.24, 2.45) is 0 Å².